The van der Waals surface area contributed by atoms with Gasteiger partial charge in [-0.25, -0.2) is 13.1 Å². The Kier molecular flexibility index (Phi) is 5.30. The van der Waals surface area contributed by atoms with Crippen LogP contribution in [-0.2, 0) is 16.4 Å². The smallest absolute Gasteiger partial charge is 0.248 e. The number of hydrogen-bond acceptors (Lipinski definition) is 3. The Morgan fingerprint density at radius 1 is 1.00 bits per heavy atom. The summed E-state index contributed by atoms with van der Waals surface area (Å²) in [4.78, 5) is 11.1. The van der Waals surface area contributed by atoms with E-state index in [0.29, 0.717) is 13.0 Å². The fourth-order valence-corrected chi connectivity index (χ4v) is 3.10. The van der Waals surface area contributed by atoms with Gasteiger partial charge in [0.05, 0.1) is 4.90 Å². The average molecular weight is 318 g/mol. The third-order valence-electron chi connectivity index (χ3n) is 3.23. The molecule has 0 fully saturated rings. The van der Waals surface area contributed by atoms with Gasteiger partial charge in [0, 0.05) is 12.1 Å². The van der Waals surface area contributed by atoms with Crippen LogP contribution in [-0.4, -0.2) is 20.9 Å². The second-order valence-electron chi connectivity index (χ2n) is 4.88. The number of hydrogen-bond donors (Lipinski definition) is 2. The Balaban J connectivity index is 1.89. The van der Waals surface area contributed by atoms with Crippen molar-refractivity contribution < 1.29 is 13.2 Å². The summed E-state index contributed by atoms with van der Waals surface area (Å²) in [6, 6.07) is 15.4. The topological polar surface area (TPSA) is 89.3 Å². The zero-order valence-electron chi connectivity index (χ0n) is 12.0. The summed E-state index contributed by atoms with van der Waals surface area (Å²) in [6.07, 6.45) is 1.52. The molecule has 0 aliphatic heterocycles. The van der Waals surface area contributed by atoms with Crippen molar-refractivity contribution in [2.75, 3.05) is 6.54 Å². The summed E-state index contributed by atoms with van der Waals surface area (Å²) >= 11 is 0. The van der Waals surface area contributed by atoms with Crippen molar-refractivity contribution in [3.05, 3.63) is 65.7 Å². The molecule has 0 heterocycles. The van der Waals surface area contributed by atoms with E-state index < -0.39 is 15.9 Å². The van der Waals surface area contributed by atoms with Crippen molar-refractivity contribution in [1.29, 1.82) is 0 Å². The quantitative estimate of drug-likeness (QED) is 0.761. The van der Waals surface area contributed by atoms with Gasteiger partial charge in [-0.15, -0.1) is 0 Å². The van der Waals surface area contributed by atoms with E-state index in [1.165, 1.54) is 29.8 Å². The SMILES string of the molecule is NC(=O)c1ccc(S(=O)(=O)NCCCc2ccccc2)cc1. The number of primary amides is 1. The maximum Gasteiger partial charge on any atom is 0.248 e. The summed E-state index contributed by atoms with van der Waals surface area (Å²) in [5.74, 6) is -0.584. The van der Waals surface area contributed by atoms with Crippen LogP contribution in [0.2, 0.25) is 0 Å². The van der Waals surface area contributed by atoms with Crippen LogP contribution in [0.5, 0.6) is 0 Å². The molecule has 0 atom stereocenters. The molecule has 22 heavy (non-hydrogen) atoms. The highest BCUT2D eigenvalue weighted by Crippen LogP contribution is 2.10. The van der Waals surface area contributed by atoms with Crippen LogP contribution in [0.1, 0.15) is 22.3 Å². The molecule has 0 aromatic heterocycles. The van der Waals surface area contributed by atoms with Gasteiger partial charge in [-0.1, -0.05) is 30.3 Å². The second-order valence-corrected chi connectivity index (χ2v) is 6.64. The van der Waals surface area contributed by atoms with Crippen molar-refractivity contribution in [3.8, 4) is 0 Å². The minimum Gasteiger partial charge on any atom is -0.366 e. The highest BCUT2D eigenvalue weighted by atomic mass is 32.2. The molecule has 2 rings (SSSR count). The van der Waals surface area contributed by atoms with Crippen LogP contribution in [0.3, 0.4) is 0 Å². The highest BCUT2D eigenvalue weighted by Gasteiger charge is 2.13. The van der Waals surface area contributed by atoms with Crippen LogP contribution in [0.25, 0.3) is 0 Å². The molecular formula is C16H18N2O3S. The average Bonchev–Trinajstić information content (AvgIpc) is 2.53. The molecule has 2 aromatic carbocycles. The summed E-state index contributed by atoms with van der Waals surface area (Å²) in [7, 11) is -3.56. The van der Waals surface area contributed by atoms with Gasteiger partial charge in [-0.2, -0.15) is 0 Å². The third-order valence-corrected chi connectivity index (χ3v) is 4.70. The minimum absolute atomic E-state index is 0.122. The van der Waals surface area contributed by atoms with Crippen LogP contribution < -0.4 is 10.5 Å². The van der Waals surface area contributed by atoms with Gasteiger partial charge in [-0.3, -0.25) is 4.79 Å². The fraction of sp³-hybridized carbons (Fsp3) is 0.188. The Morgan fingerprint density at radius 2 is 1.64 bits per heavy atom. The van der Waals surface area contributed by atoms with Crippen LogP contribution in [0.15, 0.2) is 59.5 Å². The molecule has 0 radical (unpaired) electrons. The predicted octanol–water partition coefficient (Wildman–Crippen LogP) is 1.70. The lowest BCUT2D eigenvalue weighted by Gasteiger charge is -2.07. The predicted molar refractivity (Wildman–Crippen MR) is 84.9 cm³/mol. The number of carbonyl (C=O) groups is 1. The first-order valence-corrected chi connectivity index (χ1v) is 8.41. The van der Waals surface area contributed by atoms with Gasteiger partial charge in [0.1, 0.15) is 0 Å². The lowest BCUT2D eigenvalue weighted by molar-refractivity contribution is 0.1000. The molecule has 6 heteroatoms. The monoisotopic (exact) mass is 318 g/mol. The summed E-state index contributed by atoms with van der Waals surface area (Å²) in [6.45, 7) is 0.356. The van der Waals surface area contributed by atoms with Crippen LogP contribution >= 0.6 is 0 Å². The summed E-state index contributed by atoms with van der Waals surface area (Å²) in [5.41, 5.74) is 6.58. The minimum atomic E-state index is -3.56. The number of sulfonamides is 1. The maximum absolute atomic E-state index is 12.1. The van der Waals surface area contributed by atoms with Gasteiger partial charge < -0.3 is 5.73 Å². The molecule has 5 nitrogen and oxygen atoms in total. The third kappa shape index (κ3) is 4.41. The molecule has 0 saturated carbocycles. The molecule has 0 aliphatic rings. The molecule has 0 aliphatic carbocycles. The molecule has 2 aromatic rings. The Labute approximate surface area is 130 Å². The zero-order valence-corrected chi connectivity index (χ0v) is 12.8. The Bertz CT molecular complexity index is 726. The number of rotatable bonds is 7. The molecule has 0 saturated heterocycles. The standard InChI is InChI=1S/C16H18N2O3S/c17-16(19)14-8-10-15(11-9-14)22(20,21)18-12-4-7-13-5-2-1-3-6-13/h1-3,5-6,8-11,18H,4,7,12H2,(H2,17,19). The van der Waals surface area contributed by atoms with E-state index in [0.717, 1.165) is 6.42 Å². The molecule has 116 valence electrons. The molecule has 0 bridgehead atoms. The lowest BCUT2D eigenvalue weighted by atomic mass is 10.1. The molecule has 0 unspecified atom stereocenters. The summed E-state index contributed by atoms with van der Waals surface area (Å²) in [5, 5.41) is 0. The maximum atomic E-state index is 12.1. The first kappa shape index (κ1) is 16.2. The van der Waals surface area contributed by atoms with E-state index in [-0.39, 0.29) is 10.5 Å². The van der Waals surface area contributed by atoms with Crippen molar-refractivity contribution in [1.82, 2.24) is 4.72 Å². The zero-order chi connectivity index (χ0) is 16.0. The van der Waals surface area contributed by atoms with Gasteiger partial charge in [0.2, 0.25) is 15.9 Å². The van der Waals surface area contributed by atoms with Crippen molar-refractivity contribution >= 4 is 15.9 Å². The second kappa shape index (κ2) is 7.20. The van der Waals surface area contributed by atoms with E-state index in [4.69, 9.17) is 5.73 Å². The lowest BCUT2D eigenvalue weighted by Crippen LogP contribution is -2.25. The van der Waals surface area contributed by atoms with E-state index in [1.807, 2.05) is 30.3 Å². The van der Waals surface area contributed by atoms with E-state index >= 15 is 0 Å². The number of benzene rings is 2. The van der Waals surface area contributed by atoms with Crippen molar-refractivity contribution in [2.24, 2.45) is 5.73 Å². The fourth-order valence-electron chi connectivity index (χ4n) is 2.03. The Hall–Kier alpha value is -2.18. The van der Waals surface area contributed by atoms with Gasteiger partial charge in [0.15, 0.2) is 0 Å². The van der Waals surface area contributed by atoms with Crippen LogP contribution in [0, 0.1) is 0 Å². The summed E-state index contributed by atoms with van der Waals surface area (Å²) < 4.78 is 26.7. The Morgan fingerprint density at radius 3 is 2.23 bits per heavy atom. The highest BCUT2D eigenvalue weighted by molar-refractivity contribution is 7.89. The number of amides is 1. The van der Waals surface area contributed by atoms with Gasteiger partial charge in [-0.05, 0) is 42.7 Å². The van der Waals surface area contributed by atoms with E-state index in [9.17, 15) is 13.2 Å². The van der Waals surface area contributed by atoms with E-state index in [1.54, 1.807) is 0 Å². The first-order valence-electron chi connectivity index (χ1n) is 6.92. The molecule has 0 spiro atoms. The molecule has 1 amide bonds. The normalized spacial score (nSPS) is 11.3. The molecule has 3 N–H and O–H groups in total. The first-order chi connectivity index (χ1) is 10.5. The van der Waals surface area contributed by atoms with Crippen molar-refractivity contribution in [2.45, 2.75) is 17.7 Å². The van der Waals surface area contributed by atoms with Gasteiger partial charge >= 0.3 is 0 Å². The van der Waals surface area contributed by atoms with Crippen molar-refractivity contribution in [3.63, 3.8) is 0 Å². The largest absolute Gasteiger partial charge is 0.366 e. The van der Waals surface area contributed by atoms with E-state index in [2.05, 4.69) is 4.72 Å². The van der Waals surface area contributed by atoms with Crippen LogP contribution in [0.4, 0.5) is 0 Å². The number of carbonyl (C=O) groups excluding carboxylic acids is 1. The number of aryl methyl sites for hydroxylation is 1. The molecular weight excluding hydrogens is 300 g/mol. The number of nitrogens with one attached hydrogen (secondary N) is 1. The number of nitrogens with two attached hydrogens (primary N) is 1. The van der Waals surface area contributed by atoms with Gasteiger partial charge in [0.25, 0.3) is 0 Å².